The van der Waals surface area contributed by atoms with Crippen molar-refractivity contribution in [2.75, 3.05) is 39.3 Å². The number of carbonyl (C=O) groups excluding carboxylic acids is 1. The second kappa shape index (κ2) is 8.02. The molecule has 0 spiro atoms. The van der Waals surface area contributed by atoms with Gasteiger partial charge in [-0.3, -0.25) is 4.90 Å². The highest BCUT2D eigenvalue weighted by Crippen LogP contribution is 2.11. The van der Waals surface area contributed by atoms with Gasteiger partial charge in [0, 0.05) is 45.8 Å². The average molecular weight is 327 g/mol. The molecular weight excluding hydrogens is 302 g/mol. The summed E-state index contributed by atoms with van der Waals surface area (Å²) in [5.41, 5.74) is 1.32. The summed E-state index contributed by atoms with van der Waals surface area (Å²) in [5.74, 6) is 0. The maximum absolute atomic E-state index is 12.5. The first-order valence-electron chi connectivity index (χ1n) is 8.71. The number of rotatable bonds is 3. The number of amides is 2. The van der Waals surface area contributed by atoms with Gasteiger partial charge in [0.25, 0.3) is 0 Å². The van der Waals surface area contributed by atoms with Gasteiger partial charge >= 0.3 is 6.03 Å². The number of nitrogens with zero attached hydrogens (tertiary/aromatic N) is 4. The van der Waals surface area contributed by atoms with Gasteiger partial charge in [-0.15, -0.1) is 0 Å². The van der Waals surface area contributed by atoms with Crippen LogP contribution in [0.2, 0.25) is 0 Å². The Morgan fingerprint density at radius 3 is 2.75 bits per heavy atom. The molecule has 2 aliphatic rings. The van der Waals surface area contributed by atoms with E-state index in [9.17, 15) is 4.79 Å². The lowest BCUT2D eigenvalue weighted by Crippen LogP contribution is -2.46. The van der Waals surface area contributed by atoms with Crippen LogP contribution in [0.1, 0.15) is 18.4 Å². The predicted octanol–water partition coefficient (Wildman–Crippen LogP) is 1.46. The molecule has 1 aromatic rings. The molecular formula is C18H25N5O. The van der Waals surface area contributed by atoms with E-state index in [-0.39, 0.29) is 12.1 Å². The first-order valence-corrected chi connectivity index (χ1v) is 8.71. The normalized spacial score (nSPS) is 22.0. The van der Waals surface area contributed by atoms with Crippen molar-refractivity contribution in [1.82, 2.24) is 20.0 Å². The smallest absolute Gasteiger partial charge is 0.317 e. The Hall–Kier alpha value is -2.26. The largest absolute Gasteiger partial charge is 0.333 e. The lowest BCUT2D eigenvalue weighted by atomic mass is 10.2. The molecule has 6 nitrogen and oxygen atoms in total. The van der Waals surface area contributed by atoms with Crippen LogP contribution in [0, 0.1) is 11.5 Å². The molecule has 0 bridgehead atoms. The molecule has 3 rings (SSSR count). The maximum Gasteiger partial charge on any atom is 0.317 e. The van der Waals surface area contributed by atoms with E-state index in [2.05, 4.69) is 40.7 Å². The van der Waals surface area contributed by atoms with Crippen LogP contribution in [0.25, 0.3) is 0 Å². The fourth-order valence-corrected chi connectivity index (χ4v) is 3.41. The van der Waals surface area contributed by atoms with E-state index in [1.54, 1.807) is 4.90 Å². The van der Waals surface area contributed by atoms with E-state index in [0.29, 0.717) is 6.54 Å². The zero-order valence-electron chi connectivity index (χ0n) is 14.0. The predicted molar refractivity (Wildman–Crippen MR) is 92.0 cm³/mol. The molecule has 1 atom stereocenters. The topological polar surface area (TPSA) is 62.6 Å². The van der Waals surface area contributed by atoms with Gasteiger partial charge in [-0.25, -0.2) is 4.79 Å². The SMILES string of the molecule is N#CN1CC[C@@H](NC(=O)N2CCCN(Cc3ccccc3)CC2)C1. The molecule has 2 heterocycles. The summed E-state index contributed by atoms with van der Waals surface area (Å²) in [5, 5.41) is 12.0. The Bertz CT molecular complexity index is 585. The van der Waals surface area contributed by atoms with Crippen molar-refractivity contribution < 1.29 is 4.79 Å². The molecule has 6 heteroatoms. The first kappa shape index (κ1) is 16.6. The highest BCUT2D eigenvalue weighted by molar-refractivity contribution is 5.74. The summed E-state index contributed by atoms with van der Waals surface area (Å²) in [7, 11) is 0. The van der Waals surface area contributed by atoms with Crippen molar-refractivity contribution in [1.29, 1.82) is 5.26 Å². The molecule has 1 aromatic carbocycles. The second-order valence-electron chi connectivity index (χ2n) is 6.58. The molecule has 2 amide bonds. The van der Waals surface area contributed by atoms with Gasteiger partial charge in [0.15, 0.2) is 6.19 Å². The van der Waals surface area contributed by atoms with Gasteiger partial charge in [-0.1, -0.05) is 30.3 Å². The Labute approximate surface area is 143 Å². The van der Waals surface area contributed by atoms with E-state index < -0.39 is 0 Å². The number of benzene rings is 1. The number of urea groups is 1. The molecule has 0 radical (unpaired) electrons. The molecule has 0 saturated carbocycles. The number of hydrogen-bond acceptors (Lipinski definition) is 4. The number of likely N-dealkylation sites (tertiary alicyclic amines) is 1. The maximum atomic E-state index is 12.5. The van der Waals surface area contributed by atoms with Crippen LogP contribution in [0.3, 0.4) is 0 Å². The van der Waals surface area contributed by atoms with Crippen LogP contribution in [-0.4, -0.2) is 66.0 Å². The zero-order chi connectivity index (χ0) is 16.8. The minimum Gasteiger partial charge on any atom is -0.333 e. The minimum absolute atomic E-state index is 0.0151. The van der Waals surface area contributed by atoms with Crippen LogP contribution in [-0.2, 0) is 6.54 Å². The Balaban J connectivity index is 1.46. The fraction of sp³-hybridized carbons (Fsp3) is 0.556. The van der Waals surface area contributed by atoms with Gasteiger partial charge in [0.05, 0.1) is 6.04 Å². The molecule has 2 saturated heterocycles. The molecule has 0 unspecified atom stereocenters. The monoisotopic (exact) mass is 327 g/mol. The Morgan fingerprint density at radius 2 is 2.00 bits per heavy atom. The quantitative estimate of drug-likeness (QED) is 0.854. The summed E-state index contributed by atoms with van der Waals surface area (Å²) in [4.78, 5) is 18.5. The lowest BCUT2D eigenvalue weighted by Gasteiger charge is -2.24. The van der Waals surface area contributed by atoms with E-state index in [0.717, 1.165) is 52.1 Å². The minimum atomic E-state index is 0.0151. The van der Waals surface area contributed by atoms with Crippen molar-refractivity contribution in [3.8, 4) is 6.19 Å². The van der Waals surface area contributed by atoms with Gasteiger partial charge in [-0.05, 0) is 18.4 Å². The van der Waals surface area contributed by atoms with Crippen LogP contribution >= 0.6 is 0 Å². The zero-order valence-corrected chi connectivity index (χ0v) is 14.0. The highest BCUT2D eigenvalue weighted by Gasteiger charge is 2.26. The van der Waals surface area contributed by atoms with Crippen molar-refractivity contribution in [3.05, 3.63) is 35.9 Å². The Kier molecular flexibility index (Phi) is 5.55. The van der Waals surface area contributed by atoms with Crippen molar-refractivity contribution in [3.63, 3.8) is 0 Å². The molecule has 24 heavy (non-hydrogen) atoms. The molecule has 0 aromatic heterocycles. The summed E-state index contributed by atoms with van der Waals surface area (Å²) >= 11 is 0. The summed E-state index contributed by atoms with van der Waals surface area (Å²) in [6.07, 6.45) is 4.00. The second-order valence-corrected chi connectivity index (χ2v) is 6.58. The van der Waals surface area contributed by atoms with Gasteiger partial charge in [0.2, 0.25) is 0 Å². The molecule has 128 valence electrons. The van der Waals surface area contributed by atoms with Gasteiger partial charge in [-0.2, -0.15) is 5.26 Å². The number of nitriles is 1. The molecule has 1 N–H and O–H groups in total. The van der Waals surface area contributed by atoms with Crippen molar-refractivity contribution >= 4 is 6.03 Å². The van der Waals surface area contributed by atoms with Crippen LogP contribution in [0.5, 0.6) is 0 Å². The molecule has 0 aliphatic carbocycles. The van der Waals surface area contributed by atoms with Crippen LogP contribution < -0.4 is 5.32 Å². The van der Waals surface area contributed by atoms with Gasteiger partial charge < -0.3 is 15.1 Å². The third kappa shape index (κ3) is 4.39. The number of nitrogens with one attached hydrogen (secondary N) is 1. The third-order valence-electron chi connectivity index (χ3n) is 4.78. The summed E-state index contributed by atoms with van der Waals surface area (Å²) in [6.45, 7) is 5.79. The summed E-state index contributed by atoms with van der Waals surface area (Å²) < 4.78 is 0. The van der Waals surface area contributed by atoms with E-state index in [1.807, 2.05) is 11.0 Å². The first-order chi connectivity index (χ1) is 11.7. The fourth-order valence-electron chi connectivity index (χ4n) is 3.41. The standard InChI is InChI=1S/C18H25N5O/c19-15-22-10-7-17(14-22)20-18(24)23-9-4-8-21(11-12-23)13-16-5-2-1-3-6-16/h1-3,5-6,17H,4,7-14H2,(H,20,24)/t17-/m1/s1. The van der Waals surface area contributed by atoms with Crippen molar-refractivity contribution in [2.45, 2.75) is 25.4 Å². The average Bonchev–Trinajstić information content (AvgIpc) is 2.92. The van der Waals surface area contributed by atoms with Crippen LogP contribution in [0.15, 0.2) is 30.3 Å². The summed E-state index contributed by atoms with van der Waals surface area (Å²) in [6, 6.07) is 10.6. The van der Waals surface area contributed by atoms with E-state index in [4.69, 9.17) is 5.26 Å². The number of hydrogen-bond donors (Lipinski definition) is 1. The van der Waals surface area contributed by atoms with E-state index >= 15 is 0 Å². The molecule has 2 fully saturated rings. The third-order valence-corrected chi connectivity index (χ3v) is 4.78. The number of carbonyl (C=O) groups is 1. The highest BCUT2D eigenvalue weighted by atomic mass is 16.2. The van der Waals surface area contributed by atoms with Crippen LogP contribution in [0.4, 0.5) is 4.79 Å². The van der Waals surface area contributed by atoms with Crippen molar-refractivity contribution in [2.24, 2.45) is 0 Å². The van der Waals surface area contributed by atoms with E-state index in [1.165, 1.54) is 5.56 Å². The van der Waals surface area contributed by atoms with Gasteiger partial charge in [0.1, 0.15) is 0 Å². The lowest BCUT2D eigenvalue weighted by molar-refractivity contribution is 0.194. The molecule has 2 aliphatic heterocycles. The Morgan fingerprint density at radius 1 is 1.17 bits per heavy atom.